The fourth-order valence-electron chi connectivity index (χ4n) is 3.52. The van der Waals surface area contributed by atoms with Crippen molar-refractivity contribution in [3.8, 4) is 24.3 Å². The van der Waals surface area contributed by atoms with E-state index in [1.54, 1.807) is 24.3 Å². The van der Waals surface area contributed by atoms with Crippen LogP contribution in [0, 0.1) is 45.3 Å². The lowest BCUT2D eigenvalue weighted by atomic mass is 9.83. The molecule has 0 aliphatic carbocycles. The second kappa shape index (κ2) is 6.65. The van der Waals surface area contributed by atoms with Crippen molar-refractivity contribution in [3.05, 3.63) is 57.6 Å². The summed E-state index contributed by atoms with van der Waals surface area (Å²) in [7, 11) is 0. The SMILES string of the molecule is CC(=O)c1cccc2cc3c(C#N)c(C#N)c(C#N)c(C#N)c3c(C(C)=O)c12. The molecular formula is C22H10N4O2. The van der Waals surface area contributed by atoms with Crippen molar-refractivity contribution in [1.82, 2.24) is 0 Å². The number of ketones is 2. The average Bonchev–Trinajstić information content (AvgIpc) is 2.69. The molecule has 0 N–H and O–H groups in total. The third-order valence-corrected chi connectivity index (χ3v) is 4.61. The summed E-state index contributed by atoms with van der Waals surface area (Å²) >= 11 is 0. The van der Waals surface area contributed by atoms with Crippen LogP contribution in [0.5, 0.6) is 0 Å². The van der Waals surface area contributed by atoms with Crippen LogP contribution in [-0.2, 0) is 0 Å². The minimum absolute atomic E-state index is 0.0781. The molecule has 0 amide bonds. The fraction of sp³-hybridized carbons (Fsp3) is 0.0909. The average molecular weight is 362 g/mol. The molecule has 0 radical (unpaired) electrons. The van der Waals surface area contributed by atoms with Crippen LogP contribution < -0.4 is 0 Å². The predicted octanol–water partition coefficient (Wildman–Crippen LogP) is 3.88. The molecule has 0 aliphatic rings. The van der Waals surface area contributed by atoms with Crippen LogP contribution in [0.1, 0.15) is 56.8 Å². The number of nitriles is 4. The molecule has 0 saturated heterocycles. The van der Waals surface area contributed by atoms with Crippen molar-refractivity contribution in [2.75, 3.05) is 0 Å². The summed E-state index contributed by atoms with van der Waals surface area (Å²) in [5.41, 5.74) is -0.298. The summed E-state index contributed by atoms with van der Waals surface area (Å²) in [4.78, 5) is 24.8. The number of benzene rings is 3. The monoisotopic (exact) mass is 362 g/mol. The zero-order valence-corrected chi connectivity index (χ0v) is 14.9. The third kappa shape index (κ3) is 2.38. The molecule has 6 heteroatoms. The first-order valence-electron chi connectivity index (χ1n) is 8.12. The highest BCUT2D eigenvalue weighted by Crippen LogP contribution is 2.38. The lowest BCUT2D eigenvalue weighted by Crippen LogP contribution is -2.06. The zero-order valence-electron chi connectivity index (χ0n) is 14.9. The van der Waals surface area contributed by atoms with Crippen molar-refractivity contribution in [2.24, 2.45) is 0 Å². The van der Waals surface area contributed by atoms with E-state index in [1.807, 2.05) is 24.3 Å². The van der Waals surface area contributed by atoms with Gasteiger partial charge in [-0.15, -0.1) is 0 Å². The van der Waals surface area contributed by atoms with Gasteiger partial charge in [0.1, 0.15) is 24.3 Å². The van der Waals surface area contributed by atoms with E-state index in [0.717, 1.165) is 0 Å². The summed E-state index contributed by atoms with van der Waals surface area (Å²) < 4.78 is 0. The first-order chi connectivity index (χ1) is 13.4. The standard InChI is InChI=1S/C22H10N4O2/c1-11(27)14-5-3-4-13-6-15-16(7-23)17(8-24)18(9-25)19(10-26)22(15)20(12(2)28)21(13)14/h3-6H,1-2H3. The van der Waals surface area contributed by atoms with E-state index in [9.17, 15) is 30.6 Å². The normalized spacial score (nSPS) is 9.93. The summed E-state index contributed by atoms with van der Waals surface area (Å²) in [5.74, 6) is -0.682. The summed E-state index contributed by atoms with van der Waals surface area (Å²) in [5, 5.41) is 39.6. The molecule has 28 heavy (non-hydrogen) atoms. The Hall–Kier alpha value is -4.52. The molecule has 0 atom stereocenters. The molecule has 0 unspecified atom stereocenters. The maximum absolute atomic E-state index is 12.6. The lowest BCUT2D eigenvalue weighted by molar-refractivity contribution is 0.101. The molecule has 0 bridgehead atoms. The van der Waals surface area contributed by atoms with Gasteiger partial charge in [0.15, 0.2) is 11.6 Å². The van der Waals surface area contributed by atoms with E-state index in [4.69, 9.17) is 0 Å². The van der Waals surface area contributed by atoms with Gasteiger partial charge in [-0.2, -0.15) is 21.0 Å². The van der Waals surface area contributed by atoms with Crippen LogP contribution in [0.4, 0.5) is 0 Å². The van der Waals surface area contributed by atoms with Gasteiger partial charge in [0.2, 0.25) is 0 Å². The van der Waals surface area contributed by atoms with Gasteiger partial charge in [-0.25, -0.2) is 0 Å². The maximum Gasteiger partial charge on any atom is 0.161 e. The van der Waals surface area contributed by atoms with Gasteiger partial charge >= 0.3 is 0 Å². The van der Waals surface area contributed by atoms with Gasteiger partial charge in [0.05, 0.1) is 22.3 Å². The summed E-state index contributed by atoms with van der Waals surface area (Å²) in [6.45, 7) is 2.66. The molecular weight excluding hydrogens is 352 g/mol. The van der Waals surface area contributed by atoms with E-state index < -0.39 is 5.78 Å². The highest BCUT2D eigenvalue weighted by atomic mass is 16.1. The molecule has 0 spiro atoms. The van der Waals surface area contributed by atoms with E-state index in [-0.39, 0.29) is 44.4 Å². The van der Waals surface area contributed by atoms with Crippen molar-refractivity contribution in [2.45, 2.75) is 13.8 Å². The van der Waals surface area contributed by atoms with Gasteiger partial charge in [-0.3, -0.25) is 9.59 Å². The molecule has 130 valence electrons. The minimum Gasteiger partial charge on any atom is -0.294 e. The topological polar surface area (TPSA) is 129 Å². The Balaban J connectivity index is 2.87. The van der Waals surface area contributed by atoms with Crippen LogP contribution in [0.3, 0.4) is 0 Å². The summed E-state index contributed by atoms with van der Waals surface area (Å²) in [6.07, 6.45) is 0. The number of carbonyl (C=O) groups excluding carboxylic acids is 2. The number of Topliss-reactive ketones (excluding diaryl/α,β-unsaturated/α-hetero) is 2. The van der Waals surface area contributed by atoms with E-state index in [1.165, 1.54) is 13.8 Å². The highest BCUT2D eigenvalue weighted by Gasteiger charge is 2.25. The Kier molecular flexibility index (Phi) is 4.34. The second-order valence-corrected chi connectivity index (χ2v) is 6.14. The van der Waals surface area contributed by atoms with E-state index in [2.05, 4.69) is 0 Å². The third-order valence-electron chi connectivity index (χ3n) is 4.61. The molecule has 0 aliphatic heterocycles. The molecule has 3 aromatic carbocycles. The first kappa shape index (κ1) is 18.3. The number of nitrogens with zero attached hydrogens (tertiary/aromatic N) is 4. The molecule has 6 nitrogen and oxygen atoms in total. The maximum atomic E-state index is 12.6. The van der Waals surface area contributed by atoms with E-state index >= 15 is 0 Å². The van der Waals surface area contributed by atoms with Crippen molar-refractivity contribution in [3.63, 3.8) is 0 Å². The zero-order chi connectivity index (χ0) is 20.6. The highest BCUT2D eigenvalue weighted by molar-refractivity contribution is 6.25. The van der Waals surface area contributed by atoms with Gasteiger partial charge in [-0.05, 0) is 25.3 Å². The minimum atomic E-state index is -0.418. The number of fused-ring (bicyclic) bond motifs is 2. The number of hydrogen-bond acceptors (Lipinski definition) is 6. The van der Waals surface area contributed by atoms with Crippen LogP contribution in [0.15, 0.2) is 24.3 Å². The van der Waals surface area contributed by atoms with Crippen molar-refractivity contribution in [1.29, 1.82) is 21.0 Å². The van der Waals surface area contributed by atoms with Crippen LogP contribution in [0.2, 0.25) is 0 Å². The van der Waals surface area contributed by atoms with Crippen LogP contribution >= 0.6 is 0 Å². The van der Waals surface area contributed by atoms with Crippen molar-refractivity contribution >= 4 is 33.1 Å². The smallest absolute Gasteiger partial charge is 0.161 e. The van der Waals surface area contributed by atoms with Crippen LogP contribution in [0.25, 0.3) is 21.5 Å². The van der Waals surface area contributed by atoms with Gasteiger partial charge in [0, 0.05) is 27.3 Å². The van der Waals surface area contributed by atoms with Crippen molar-refractivity contribution < 1.29 is 9.59 Å². The summed E-state index contributed by atoms with van der Waals surface area (Å²) in [6, 6.07) is 14.0. The Morgan fingerprint density at radius 2 is 1.32 bits per heavy atom. The molecule has 0 saturated carbocycles. The molecule has 3 aromatic rings. The fourth-order valence-corrected chi connectivity index (χ4v) is 3.52. The second-order valence-electron chi connectivity index (χ2n) is 6.14. The Morgan fingerprint density at radius 1 is 0.750 bits per heavy atom. The van der Waals surface area contributed by atoms with Gasteiger partial charge in [-0.1, -0.05) is 18.2 Å². The lowest BCUT2D eigenvalue weighted by Gasteiger charge is -2.15. The van der Waals surface area contributed by atoms with Gasteiger partial charge in [0.25, 0.3) is 0 Å². The number of rotatable bonds is 2. The molecule has 3 rings (SSSR count). The quantitative estimate of drug-likeness (QED) is 0.502. The molecule has 0 heterocycles. The van der Waals surface area contributed by atoms with Gasteiger partial charge < -0.3 is 0 Å². The Morgan fingerprint density at radius 3 is 1.82 bits per heavy atom. The molecule has 0 aromatic heterocycles. The first-order valence-corrected chi connectivity index (χ1v) is 8.12. The largest absolute Gasteiger partial charge is 0.294 e. The predicted molar refractivity (Wildman–Crippen MR) is 100 cm³/mol. The molecule has 0 fully saturated rings. The van der Waals surface area contributed by atoms with Crippen LogP contribution in [-0.4, -0.2) is 11.6 Å². The number of carbonyl (C=O) groups is 2. The Bertz CT molecular complexity index is 1400. The number of hydrogen-bond donors (Lipinski definition) is 0. The Labute approximate surface area is 160 Å². The van der Waals surface area contributed by atoms with E-state index in [0.29, 0.717) is 16.3 Å².